The molecule has 2 rings (SSSR count). The van der Waals surface area contributed by atoms with Gasteiger partial charge in [-0.3, -0.25) is 0 Å². The second-order valence-electron chi connectivity index (χ2n) is 5.80. The molecule has 98 valence electrons. The maximum Gasteiger partial charge on any atom is 0.354 e. The molecule has 0 amide bonds. The first-order valence-electron chi connectivity index (χ1n) is 6.43. The molecule has 0 spiro atoms. The highest BCUT2D eigenvalue weighted by molar-refractivity contribution is 5.85. The van der Waals surface area contributed by atoms with Gasteiger partial charge in [0.2, 0.25) is 0 Å². The fourth-order valence-corrected chi connectivity index (χ4v) is 2.39. The molecular formula is C14H20N2O2. The Morgan fingerprint density at radius 2 is 2.06 bits per heavy atom. The molecule has 18 heavy (non-hydrogen) atoms. The van der Waals surface area contributed by atoms with Gasteiger partial charge in [0.15, 0.2) is 5.69 Å². The van der Waals surface area contributed by atoms with Crippen LogP contribution in [0.3, 0.4) is 0 Å². The molecule has 0 aromatic carbocycles. The van der Waals surface area contributed by atoms with Crippen molar-refractivity contribution in [1.82, 2.24) is 4.98 Å². The van der Waals surface area contributed by atoms with Crippen molar-refractivity contribution >= 4 is 11.8 Å². The number of carbonyl (C=O) groups is 1. The van der Waals surface area contributed by atoms with Gasteiger partial charge in [-0.25, -0.2) is 9.78 Å². The van der Waals surface area contributed by atoms with Gasteiger partial charge in [0.25, 0.3) is 0 Å². The summed E-state index contributed by atoms with van der Waals surface area (Å²) in [5, 5.41) is 12.2. The molecule has 4 nitrogen and oxygen atoms in total. The number of carboxylic acid groups (broad SMARTS) is 1. The molecule has 1 aliphatic carbocycles. The van der Waals surface area contributed by atoms with Gasteiger partial charge in [-0.2, -0.15) is 0 Å². The van der Waals surface area contributed by atoms with Gasteiger partial charge in [-0.1, -0.05) is 19.9 Å². The Hall–Kier alpha value is -1.58. The van der Waals surface area contributed by atoms with Crippen LogP contribution >= 0.6 is 0 Å². The predicted octanol–water partition coefficient (Wildman–Crippen LogP) is 3.16. The standard InChI is InChI=1S/C14H20N2O2/c1-14(2)8-6-10(7-9-14)15-12-5-3-4-11(16-12)13(17)18/h3-5,10H,6-9H2,1-2H3,(H,15,16)(H,17,18). The Bertz CT molecular complexity index is 433. The predicted molar refractivity (Wildman–Crippen MR) is 70.9 cm³/mol. The monoisotopic (exact) mass is 248 g/mol. The Balaban J connectivity index is 1.98. The number of hydrogen-bond acceptors (Lipinski definition) is 3. The minimum atomic E-state index is -0.983. The van der Waals surface area contributed by atoms with Gasteiger partial charge >= 0.3 is 5.97 Å². The molecule has 0 aliphatic heterocycles. The molecule has 0 bridgehead atoms. The van der Waals surface area contributed by atoms with E-state index >= 15 is 0 Å². The number of carboxylic acids is 1. The summed E-state index contributed by atoms with van der Waals surface area (Å²) in [7, 11) is 0. The van der Waals surface area contributed by atoms with E-state index in [0.717, 1.165) is 12.8 Å². The van der Waals surface area contributed by atoms with Gasteiger partial charge in [-0.15, -0.1) is 0 Å². The van der Waals surface area contributed by atoms with Crippen molar-refractivity contribution in [1.29, 1.82) is 0 Å². The van der Waals surface area contributed by atoms with Crippen molar-refractivity contribution in [3.8, 4) is 0 Å². The molecule has 1 aliphatic rings. The Kier molecular flexibility index (Phi) is 3.55. The number of nitrogens with one attached hydrogen (secondary N) is 1. The fraction of sp³-hybridized carbons (Fsp3) is 0.571. The van der Waals surface area contributed by atoms with Gasteiger partial charge < -0.3 is 10.4 Å². The molecule has 1 aromatic heterocycles. The summed E-state index contributed by atoms with van der Waals surface area (Å²) in [5.74, 6) is -0.317. The Morgan fingerprint density at radius 3 is 2.67 bits per heavy atom. The zero-order chi connectivity index (χ0) is 13.2. The van der Waals surface area contributed by atoms with E-state index in [1.54, 1.807) is 6.07 Å². The maximum absolute atomic E-state index is 10.8. The molecule has 0 radical (unpaired) electrons. The molecule has 1 fully saturated rings. The van der Waals surface area contributed by atoms with Gasteiger partial charge in [0.1, 0.15) is 5.82 Å². The highest BCUT2D eigenvalue weighted by Crippen LogP contribution is 2.35. The van der Waals surface area contributed by atoms with Gasteiger partial charge in [0, 0.05) is 6.04 Å². The van der Waals surface area contributed by atoms with Gasteiger partial charge in [-0.05, 0) is 43.2 Å². The summed E-state index contributed by atoms with van der Waals surface area (Å²) in [5.41, 5.74) is 0.533. The van der Waals surface area contributed by atoms with Crippen LogP contribution in [0.2, 0.25) is 0 Å². The minimum Gasteiger partial charge on any atom is -0.477 e. The highest BCUT2D eigenvalue weighted by Gasteiger charge is 2.26. The van der Waals surface area contributed by atoms with Crippen LogP contribution in [0.1, 0.15) is 50.0 Å². The van der Waals surface area contributed by atoms with Crippen LogP contribution in [0.5, 0.6) is 0 Å². The van der Waals surface area contributed by atoms with E-state index in [1.807, 2.05) is 6.07 Å². The van der Waals surface area contributed by atoms with Crippen molar-refractivity contribution in [3.63, 3.8) is 0 Å². The lowest BCUT2D eigenvalue weighted by Crippen LogP contribution is -2.30. The first kappa shape index (κ1) is 12.9. The van der Waals surface area contributed by atoms with Crippen molar-refractivity contribution in [2.45, 2.75) is 45.6 Å². The molecule has 0 unspecified atom stereocenters. The minimum absolute atomic E-state index is 0.0936. The van der Waals surface area contributed by atoms with Crippen molar-refractivity contribution in [3.05, 3.63) is 23.9 Å². The largest absolute Gasteiger partial charge is 0.477 e. The second kappa shape index (κ2) is 4.96. The first-order valence-corrected chi connectivity index (χ1v) is 6.43. The molecule has 1 saturated carbocycles. The molecule has 0 atom stereocenters. The van der Waals surface area contributed by atoms with Crippen LogP contribution in [-0.4, -0.2) is 22.1 Å². The Morgan fingerprint density at radius 1 is 1.39 bits per heavy atom. The quantitative estimate of drug-likeness (QED) is 0.862. The van der Waals surface area contributed by atoms with Crippen LogP contribution in [0.4, 0.5) is 5.82 Å². The van der Waals surface area contributed by atoms with E-state index in [9.17, 15) is 4.79 Å². The number of pyridine rings is 1. The summed E-state index contributed by atoms with van der Waals surface area (Å²) in [6.45, 7) is 4.60. The third kappa shape index (κ3) is 3.22. The molecule has 2 N–H and O–H groups in total. The fourth-order valence-electron chi connectivity index (χ4n) is 2.39. The van der Waals surface area contributed by atoms with Crippen LogP contribution < -0.4 is 5.32 Å². The molecular weight excluding hydrogens is 228 g/mol. The molecule has 1 heterocycles. The summed E-state index contributed by atoms with van der Waals surface area (Å²) in [4.78, 5) is 14.9. The number of hydrogen-bond donors (Lipinski definition) is 2. The number of aromatic nitrogens is 1. The number of rotatable bonds is 3. The average Bonchev–Trinajstić information content (AvgIpc) is 2.32. The lowest BCUT2D eigenvalue weighted by atomic mass is 9.75. The maximum atomic E-state index is 10.8. The number of nitrogens with zero attached hydrogens (tertiary/aromatic N) is 1. The molecule has 1 aromatic rings. The Labute approximate surface area is 107 Å². The third-order valence-corrected chi connectivity index (χ3v) is 3.66. The van der Waals surface area contributed by atoms with Crippen LogP contribution in [-0.2, 0) is 0 Å². The third-order valence-electron chi connectivity index (χ3n) is 3.66. The summed E-state index contributed by atoms with van der Waals surface area (Å²) in [6.07, 6.45) is 4.63. The topological polar surface area (TPSA) is 62.2 Å². The smallest absolute Gasteiger partial charge is 0.354 e. The van der Waals surface area contributed by atoms with Crippen LogP contribution in [0.25, 0.3) is 0 Å². The summed E-state index contributed by atoms with van der Waals surface area (Å²) < 4.78 is 0. The van der Waals surface area contributed by atoms with E-state index in [2.05, 4.69) is 24.1 Å². The van der Waals surface area contributed by atoms with E-state index in [0.29, 0.717) is 17.3 Å². The van der Waals surface area contributed by atoms with E-state index in [-0.39, 0.29) is 5.69 Å². The first-order chi connectivity index (χ1) is 8.46. The molecule has 4 heteroatoms. The molecule has 0 saturated heterocycles. The zero-order valence-electron chi connectivity index (χ0n) is 10.9. The van der Waals surface area contributed by atoms with Crippen molar-refractivity contribution in [2.24, 2.45) is 5.41 Å². The van der Waals surface area contributed by atoms with Crippen molar-refractivity contribution < 1.29 is 9.90 Å². The number of aromatic carboxylic acids is 1. The second-order valence-corrected chi connectivity index (χ2v) is 5.80. The number of anilines is 1. The normalized spacial score (nSPS) is 19.4. The SMILES string of the molecule is CC1(C)CCC(Nc2cccc(C(=O)O)n2)CC1. The highest BCUT2D eigenvalue weighted by atomic mass is 16.4. The van der Waals surface area contributed by atoms with Gasteiger partial charge in [0.05, 0.1) is 0 Å². The zero-order valence-corrected chi connectivity index (χ0v) is 10.9. The van der Waals surface area contributed by atoms with Crippen LogP contribution in [0.15, 0.2) is 18.2 Å². The van der Waals surface area contributed by atoms with Crippen LogP contribution in [0, 0.1) is 5.41 Å². The lowest BCUT2D eigenvalue weighted by Gasteiger charge is -2.34. The van der Waals surface area contributed by atoms with E-state index in [1.165, 1.54) is 18.9 Å². The summed E-state index contributed by atoms with van der Waals surface area (Å²) >= 11 is 0. The van der Waals surface area contributed by atoms with Crippen molar-refractivity contribution in [2.75, 3.05) is 5.32 Å². The van der Waals surface area contributed by atoms with E-state index in [4.69, 9.17) is 5.11 Å². The summed E-state index contributed by atoms with van der Waals surface area (Å²) in [6, 6.07) is 5.48. The lowest BCUT2D eigenvalue weighted by molar-refractivity contribution is 0.0690. The average molecular weight is 248 g/mol. The van der Waals surface area contributed by atoms with E-state index < -0.39 is 5.97 Å².